The molecule has 0 radical (unpaired) electrons. The monoisotopic (exact) mass is 813 g/mol. The standard InChI is InChI=1S/C48H97N2O5P/c1-11-21-27-29-31-35-41-47(39-25-15-5,43(51)49-45(17-7,18-8)37-33-23-13-3)54-56(53)55-48(40-26-16-6,42-36-32-30-28-22-12-2)44(52)50-46(19-9,20-10)38-34-24-14-4/h56H,11-42H2,1-10H3,(H,49,51)(H,50,52). The van der Waals surface area contributed by atoms with E-state index < -0.39 is 19.5 Å². The first-order chi connectivity index (χ1) is 27.0. The van der Waals surface area contributed by atoms with Crippen LogP contribution in [0.15, 0.2) is 0 Å². The molecule has 2 unspecified atom stereocenters. The lowest BCUT2D eigenvalue weighted by Gasteiger charge is -2.41. The van der Waals surface area contributed by atoms with Gasteiger partial charge in [-0.2, -0.15) is 0 Å². The van der Waals surface area contributed by atoms with Crippen LogP contribution in [0.2, 0.25) is 0 Å². The van der Waals surface area contributed by atoms with Gasteiger partial charge in [-0.05, 0) is 64.2 Å². The highest BCUT2D eigenvalue weighted by Gasteiger charge is 2.47. The van der Waals surface area contributed by atoms with Crippen LogP contribution < -0.4 is 10.6 Å². The van der Waals surface area contributed by atoms with Gasteiger partial charge in [0.25, 0.3) is 11.8 Å². The fraction of sp³-hybridized carbons (Fsp3) is 0.958. The molecule has 0 saturated carbocycles. The van der Waals surface area contributed by atoms with Gasteiger partial charge in [-0.25, -0.2) is 0 Å². The van der Waals surface area contributed by atoms with E-state index in [-0.39, 0.29) is 22.9 Å². The first kappa shape index (κ1) is 55.1. The van der Waals surface area contributed by atoms with Gasteiger partial charge in [0.1, 0.15) is 0 Å². The minimum absolute atomic E-state index is 0.145. The number of hydrogen-bond acceptors (Lipinski definition) is 5. The van der Waals surface area contributed by atoms with Crippen molar-refractivity contribution in [3.05, 3.63) is 0 Å². The van der Waals surface area contributed by atoms with Crippen LogP contribution in [0.25, 0.3) is 0 Å². The molecule has 0 aliphatic heterocycles. The predicted octanol–water partition coefficient (Wildman–Crippen LogP) is 15.3. The van der Waals surface area contributed by atoms with Gasteiger partial charge in [0.2, 0.25) is 0 Å². The first-order valence-electron chi connectivity index (χ1n) is 24.5. The van der Waals surface area contributed by atoms with E-state index in [0.29, 0.717) is 25.7 Å². The van der Waals surface area contributed by atoms with Crippen LogP contribution in [0.3, 0.4) is 0 Å². The zero-order chi connectivity index (χ0) is 42.2. The van der Waals surface area contributed by atoms with Gasteiger partial charge in [-0.3, -0.25) is 23.2 Å². The SMILES string of the molecule is CCCCCCCCC(CCCC)(O[PH](=O)OC(CCCC)(CCCCCCCC)C(=O)NC(CC)(CC)CCCCC)C(=O)NC(CC)(CC)CCCCC. The molecule has 2 atom stereocenters. The van der Waals surface area contributed by atoms with Crippen molar-refractivity contribution >= 4 is 20.1 Å². The lowest BCUT2D eigenvalue weighted by molar-refractivity contribution is -0.146. The third kappa shape index (κ3) is 20.9. The summed E-state index contributed by atoms with van der Waals surface area (Å²) in [5.41, 5.74) is -3.23. The van der Waals surface area contributed by atoms with Gasteiger partial charge < -0.3 is 10.6 Å². The molecule has 334 valence electrons. The molecule has 0 aromatic carbocycles. The fourth-order valence-electron chi connectivity index (χ4n) is 8.47. The van der Waals surface area contributed by atoms with E-state index in [9.17, 15) is 14.2 Å². The largest absolute Gasteiger partial charge is 0.348 e. The minimum Gasteiger partial charge on any atom is -0.348 e. The molecule has 0 saturated heterocycles. The van der Waals surface area contributed by atoms with Crippen molar-refractivity contribution in [2.75, 3.05) is 0 Å². The molecule has 2 amide bonds. The molecule has 0 fully saturated rings. The number of hydrogen-bond donors (Lipinski definition) is 2. The summed E-state index contributed by atoms with van der Waals surface area (Å²) < 4.78 is 28.2. The molecule has 56 heavy (non-hydrogen) atoms. The maximum atomic E-state index is 14.9. The van der Waals surface area contributed by atoms with Crippen LogP contribution in [0, 0.1) is 0 Å². The normalized spacial score (nSPS) is 15.0. The number of carbonyl (C=O) groups excluding carboxylic acids is 2. The molecular weight excluding hydrogens is 716 g/mol. The van der Waals surface area contributed by atoms with E-state index in [4.69, 9.17) is 9.05 Å². The number of carbonyl (C=O) groups is 2. The highest BCUT2D eigenvalue weighted by Crippen LogP contribution is 2.45. The van der Waals surface area contributed by atoms with Crippen LogP contribution in [0.1, 0.15) is 275 Å². The van der Waals surface area contributed by atoms with E-state index >= 15 is 0 Å². The molecule has 0 spiro atoms. The summed E-state index contributed by atoms with van der Waals surface area (Å²) in [4.78, 5) is 29.8. The molecule has 0 aromatic heterocycles. The summed E-state index contributed by atoms with van der Waals surface area (Å²) in [6.07, 6.45) is 30.2. The molecule has 0 aromatic rings. The summed E-state index contributed by atoms with van der Waals surface area (Å²) >= 11 is 0. The summed E-state index contributed by atoms with van der Waals surface area (Å²) in [6.45, 7) is 21.8. The van der Waals surface area contributed by atoms with Crippen LogP contribution in [-0.2, 0) is 23.2 Å². The van der Waals surface area contributed by atoms with Gasteiger partial charge in [0.15, 0.2) is 11.2 Å². The van der Waals surface area contributed by atoms with E-state index in [1.54, 1.807) is 0 Å². The van der Waals surface area contributed by atoms with Crippen molar-refractivity contribution in [1.29, 1.82) is 0 Å². The van der Waals surface area contributed by atoms with Crippen LogP contribution in [0.5, 0.6) is 0 Å². The fourth-order valence-corrected chi connectivity index (χ4v) is 9.74. The molecule has 7 nitrogen and oxygen atoms in total. The Balaban J connectivity index is 7.05. The summed E-state index contributed by atoms with van der Waals surface area (Å²) in [5, 5.41) is 7.07. The zero-order valence-corrected chi connectivity index (χ0v) is 40.2. The van der Waals surface area contributed by atoms with E-state index in [1.807, 2.05) is 0 Å². The van der Waals surface area contributed by atoms with Crippen LogP contribution in [-0.4, -0.2) is 34.1 Å². The van der Waals surface area contributed by atoms with Crippen LogP contribution in [0.4, 0.5) is 0 Å². The Kier molecular flexibility index (Phi) is 32.3. The number of rotatable bonds is 40. The van der Waals surface area contributed by atoms with Gasteiger partial charge in [-0.1, -0.05) is 210 Å². The van der Waals surface area contributed by atoms with Crippen molar-refractivity contribution in [1.82, 2.24) is 10.6 Å². The Bertz CT molecular complexity index is 924. The summed E-state index contributed by atoms with van der Waals surface area (Å²) in [7, 11) is -3.30. The van der Waals surface area contributed by atoms with Crippen molar-refractivity contribution in [2.24, 2.45) is 0 Å². The van der Waals surface area contributed by atoms with Gasteiger partial charge in [0, 0.05) is 11.1 Å². The van der Waals surface area contributed by atoms with Crippen molar-refractivity contribution < 1.29 is 23.2 Å². The average molecular weight is 813 g/mol. The Morgan fingerprint density at radius 1 is 0.375 bits per heavy atom. The number of nitrogens with one attached hydrogen (secondary N) is 2. The molecule has 0 bridgehead atoms. The van der Waals surface area contributed by atoms with Gasteiger partial charge in [0.05, 0.1) is 0 Å². The Morgan fingerprint density at radius 2 is 0.625 bits per heavy atom. The van der Waals surface area contributed by atoms with Crippen molar-refractivity contribution in [3.8, 4) is 0 Å². The quantitative estimate of drug-likeness (QED) is 0.0475. The lowest BCUT2D eigenvalue weighted by Crippen LogP contribution is -2.58. The molecule has 8 heteroatoms. The third-order valence-electron chi connectivity index (χ3n) is 13.1. The molecule has 0 aliphatic rings. The number of amides is 2. The Labute approximate surface area is 349 Å². The second kappa shape index (κ2) is 32.9. The maximum Gasteiger partial charge on any atom is 0.321 e. The Hall–Kier alpha value is -0.910. The maximum absolute atomic E-state index is 14.9. The van der Waals surface area contributed by atoms with Gasteiger partial charge >= 0.3 is 8.25 Å². The molecule has 2 N–H and O–H groups in total. The average Bonchev–Trinajstić information content (AvgIpc) is 3.20. The second-order valence-electron chi connectivity index (χ2n) is 17.5. The van der Waals surface area contributed by atoms with E-state index in [1.165, 1.54) is 38.5 Å². The minimum atomic E-state index is -3.30. The van der Waals surface area contributed by atoms with Crippen molar-refractivity contribution in [2.45, 2.75) is 297 Å². The third-order valence-corrected chi connectivity index (χ3v) is 14.2. The molecule has 0 heterocycles. The zero-order valence-electron chi connectivity index (χ0n) is 39.2. The van der Waals surface area contributed by atoms with E-state index in [2.05, 4.69) is 79.9 Å². The van der Waals surface area contributed by atoms with Crippen LogP contribution >= 0.6 is 8.25 Å². The second-order valence-corrected chi connectivity index (χ2v) is 18.4. The molecule has 0 rings (SSSR count). The lowest BCUT2D eigenvalue weighted by atomic mass is 9.83. The smallest absolute Gasteiger partial charge is 0.321 e. The van der Waals surface area contributed by atoms with Crippen molar-refractivity contribution in [3.63, 3.8) is 0 Å². The highest BCUT2D eigenvalue weighted by molar-refractivity contribution is 7.33. The molecular formula is C48H97N2O5P. The first-order valence-corrected chi connectivity index (χ1v) is 25.8. The number of unbranched alkanes of at least 4 members (excludes halogenated alkanes) is 16. The summed E-state index contributed by atoms with van der Waals surface area (Å²) in [5.74, 6) is -0.291. The van der Waals surface area contributed by atoms with Gasteiger partial charge in [-0.15, -0.1) is 0 Å². The Morgan fingerprint density at radius 3 is 0.929 bits per heavy atom. The highest BCUT2D eigenvalue weighted by atomic mass is 31.1. The van der Waals surface area contributed by atoms with E-state index in [0.717, 1.165) is 141 Å². The predicted molar refractivity (Wildman–Crippen MR) is 243 cm³/mol. The molecule has 0 aliphatic carbocycles. The summed E-state index contributed by atoms with van der Waals surface area (Å²) in [6, 6.07) is 0. The topological polar surface area (TPSA) is 93.7 Å².